The van der Waals surface area contributed by atoms with E-state index >= 15 is 0 Å². The Balaban J connectivity index is 1.85. The van der Waals surface area contributed by atoms with Crippen molar-refractivity contribution in [1.29, 1.82) is 0 Å². The Morgan fingerprint density at radius 1 is 0.841 bits per heavy atom. The first-order chi connectivity index (χ1) is 20.9. The first kappa shape index (κ1) is 32.0. The Morgan fingerprint density at radius 2 is 1.34 bits per heavy atom. The third-order valence-electron chi connectivity index (χ3n) is 7.09. The number of nitrogens with one attached hydrogen (secondary N) is 2. The largest absolute Gasteiger partial charge is 0.469 e. The van der Waals surface area contributed by atoms with Gasteiger partial charge in [-0.15, -0.1) is 0 Å². The molecule has 10 heteroatoms. The van der Waals surface area contributed by atoms with Crippen LogP contribution in [-0.2, 0) is 24.5 Å². The number of esters is 1. The summed E-state index contributed by atoms with van der Waals surface area (Å²) in [6, 6.07) is 16.5. The molecule has 0 saturated carbocycles. The van der Waals surface area contributed by atoms with E-state index in [9.17, 15) is 32.7 Å². The number of methoxy groups -OCH3 is 1. The van der Waals surface area contributed by atoms with Gasteiger partial charge in [0, 0.05) is 34.6 Å². The number of aliphatic hydroxyl groups is 1. The Bertz CT molecular complexity index is 1680. The molecule has 44 heavy (non-hydrogen) atoms. The summed E-state index contributed by atoms with van der Waals surface area (Å²) in [5.41, 5.74) is 1.97. The minimum atomic E-state index is -1.28. The molecular formula is C34H31F3N2O5. The van der Waals surface area contributed by atoms with Gasteiger partial charge >= 0.3 is 5.97 Å². The van der Waals surface area contributed by atoms with Crippen LogP contribution in [0.4, 0.5) is 18.9 Å². The molecule has 7 nitrogen and oxygen atoms in total. The monoisotopic (exact) mass is 604 g/mol. The number of H-pyrrole nitrogens is 1. The molecular weight excluding hydrogens is 573 g/mol. The lowest BCUT2D eigenvalue weighted by atomic mass is 9.82. The number of hydrogen-bond acceptors (Lipinski definition) is 5. The van der Waals surface area contributed by atoms with Crippen LogP contribution >= 0.6 is 0 Å². The predicted molar refractivity (Wildman–Crippen MR) is 161 cm³/mol. The number of amides is 1. The lowest BCUT2D eigenvalue weighted by molar-refractivity contribution is -0.143. The van der Waals surface area contributed by atoms with Crippen LogP contribution < -0.4 is 5.32 Å². The Morgan fingerprint density at radius 3 is 1.86 bits per heavy atom. The van der Waals surface area contributed by atoms with Crippen LogP contribution in [0.1, 0.15) is 38.1 Å². The number of allylic oxidation sites excluding steroid dienone is 1. The van der Waals surface area contributed by atoms with Gasteiger partial charge in [0.15, 0.2) is 5.78 Å². The molecule has 0 aliphatic heterocycles. The lowest BCUT2D eigenvalue weighted by Crippen LogP contribution is -2.35. The maximum absolute atomic E-state index is 14.0. The summed E-state index contributed by atoms with van der Waals surface area (Å²) in [7, 11) is 1.18. The molecule has 0 spiro atoms. The second kappa shape index (κ2) is 13.6. The van der Waals surface area contributed by atoms with Gasteiger partial charge in [0.1, 0.15) is 17.5 Å². The molecule has 4 rings (SSSR count). The van der Waals surface area contributed by atoms with Gasteiger partial charge in [-0.1, -0.05) is 24.3 Å². The molecule has 0 bridgehead atoms. The zero-order valence-corrected chi connectivity index (χ0v) is 24.3. The molecule has 3 aromatic carbocycles. The smallest absolute Gasteiger partial charge is 0.308 e. The number of halogens is 3. The zero-order valence-electron chi connectivity index (χ0n) is 24.3. The van der Waals surface area contributed by atoms with Gasteiger partial charge in [-0.05, 0) is 85.7 Å². The summed E-state index contributed by atoms with van der Waals surface area (Å²) in [4.78, 5) is 41.1. The Labute approximate surface area is 252 Å². The van der Waals surface area contributed by atoms with Crippen molar-refractivity contribution in [3.63, 3.8) is 0 Å². The van der Waals surface area contributed by atoms with Crippen molar-refractivity contribution in [2.75, 3.05) is 12.4 Å². The summed E-state index contributed by atoms with van der Waals surface area (Å²) in [6.07, 6.45) is 0.746. The Kier molecular flexibility index (Phi) is 9.85. The normalized spacial score (nSPS) is 12.2. The number of rotatable bonds is 11. The van der Waals surface area contributed by atoms with Crippen LogP contribution in [0.5, 0.6) is 0 Å². The van der Waals surface area contributed by atoms with E-state index in [1.807, 2.05) is 0 Å². The summed E-state index contributed by atoms with van der Waals surface area (Å²) in [5, 5.41) is 12.9. The topological polar surface area (TPSA) is 108 Å². The third-order valence-corrected chi connectivity index (χ3v) is 7.09. The van der Waals surface area contributed by atoms with Gasteiger partial charge in [-0.2, -0.15) is 0 Å². The highest BCUT2D eigenvalue weighted by molar-refractivity contribution is 6.03. The number of carbonyl (C=O) groups excluding carboxylic acids is 3. The Hall–Kier alpha value is -4.96. The van der Waals surface area contributed by atoms with E-state index in [4.69, 9.17) is 0 Å². The molecule has 0 saturated heterocycles. The van der Waals surface area contributed by atoms with E-state index in [0.717, 1.165) is 0 Å². The number of benzene rings is 3. The van der Waals surface area contributed by atoms with E-state index in [-0.39, 0.29) is 12.8 Å². The fourth-order valence-corrected chi connectivity index (χ4v) is 4.69. The van der Waals surface area contributed by atoms with E-state index in [0.29, 0.717) is 39.3 Å². The first-order valence-corrected chi connectivity index (χ1v) is 13.7. The third kappa shape index (κ3) is 7.51. The minimum Gasteiger partial charge on any atom is -0.469 e. The molecule has 0 aliphatic rings. The van der Waals surface area contributed by atoms with Crippen LogP contribution in [0.3, 0.4) is 0 Å². The quantitative estimate of drug-likeness (QED) is 0.132. The molecule has 1 amide bonds. The standard InChI is InChI=1S/C34H31F3N2O5/c1-34(2,33(43)38-25-14-12-24(37)13-15-25)32-31(21-6-10-23(36)11-7-21)30(20-4-8-22(35)9-5-20)28(39-32)17-16-26(40)18-27(41)19-29(42)44-3/h4-17,27,39,41H,18-19H2,1-3H3,(H,38,43)/b17-16+/t27-/m1/s1. The number of aromatic amines is 1. The van der Waals surface area contributed by atoms with Gasteiger partial charge in [-0.3, -0.25) is 14.4 Å². The van der Waals surface area contributed by atoms with E-state index < -0.39 is 46.6 Å². The maximum atomic E-state index is 14.0. The highest BCUT2D eigenvalue weighted by Crippen LogP contribution is 2.43. The van der Waals surface area contributed by atoms with Crippen LogP contribution in [0.15, 0.2) is 78.9 Å². The van der Waals surface area contributed by atoms with Crippen molar-refractivity contribution in [3.05, 3.63) is 108 Å². The van der Waals surface area contributed by atoms with Crippen molar-refractivity contribution in [1.82, 2.24) is 4.98 Å². The number of aliphatic hydroxyl groups excluding tert-OH is 1. The van der Waals surface area contributed by atoms with Gasteiger partial charge in [-0.25, -0.2) is 13.2 Å². The molecule has 0 unspecified atom stereocenters. The van der Waals surface area contributed by atoms with Crippen LogP contribution in [0.2, 0.25) is 0 Å². The number of aromatic nitrogens is 1. The average molecular weight is 605 g/mol. The van der Waals surface area contributed by atoms with Crippen molar-refractivity contribution in [3.8, 4) is 22.3 Å². The number of carbonyl (C=O) groups is 3. The van der Waals surface area contributed by atoms with Gasteiger partial charge in [0.05, 0.1) is 25.0 Å². The van der Waals surface area contributed by atoms with Gasteiger partial charge < -0.3 is 20.1 Å². The van der Waals surface area contributed by atoms with Crippen molar-refractivity contribution in [2.45, 2.75) is 38.2 Å². The fourth-order valence-electron chi connectivity index (χ4n) is 4.69. The number of hydrogen-bond donors (Lipinski definition) is 3. The second-order valence-corrected chi connectivity index (χ2v) is 10.7. The van der Waals surface area contributed by atoms with Crippen molar-refractivity contribution >= 4 is 29.4 Å². The SMILES string of the molecule is COC(=O)C[C@H](O)CC(=O)/C=C/c1[nH]c(C(C)(C)C(=O)Nc2ccc(F)cc2)c(-c2ccc(F)cc2)c1-c1ccc(F)cc1. The average Bonchev–Trinajstić information content (AvgIpc) is 3.38. The summed E-state index contributed by atoms with van der Waals surface area (Å²) in [5.74, 6) is -3.00. The number of ketones is 1. The molecule has 4 aromatic rings. The molecule has 0 aliphatic carbocycles. The van der Waals surface area contributed by atoms with Gasteiger partial charge in [0.25, 0.3) is 0 Å². The zero-order chi connectivity index (χ0) is 32.0. The second-order valence-electron chi connectivity index (χ2n) is 10.7. The molecule has 3 N–H and O–H groups in total. The van der Waals surface area contributed by atoms with E-state index in [1.54, 1.807) is 38.1 Å². The summed E-state index contributed by atoms with van der Waals surface area (Å²) >= 11 is 0. The van der Waals surface area contributed by atoms with Crippen LogP contribution in [-0.4, -0.2) is 41.0 Å². The molecule has 0 fully saturated rings. The minimum absolute atomic E-state index is 0.346. The molecule has 1 heterocycles. The van der Waals surface area contributed by atoms with E-state index in [2.05, 4.69) is 15.0 Å². The van der Waals surface area contributed by atoms with Crippen molar-refractivity contribution < 1.29 is 37.4 Å². The fraction of sp³-hybridized carbons (Fsp3) is 0.206. The van der Waals surface area contributed by atoms with Crippen molar-refractivity contribution in [2.24, 2.45) is 0 Å². The van der Waals surface area contributed by atoms with Crippen LogP contribution in [0, 0.1) is 17.5 Å². The first-order valence-electron chi connectivity index (χ1n) is 13.7. The van der Waals surface area contributed by atoms with Gasteiger partial charge in [0.2, 0.25) is 5.91 Å². The predicted octanol–water partition coefficient (Wildman–Crippen LogP) is 6.58. The highest BCUT2D eigenvalue weighted by atomic mass is 19.1. The number of anilines is 1. The molecule has 0 radical (unpaired) electrons. The van der Waals surface area contributed by atoms with Crippen LogP contribution in [0.25, 0.3) is 28.3 Å². The molecule has 1 aromatic heterocycles. The van der Waals surface area contributed by atoms with E-state index in [1.165, 1.54) is 67.8 Å². The number of ether oxygens (including phenoxy) is 1. The highest BCUT2D eigenvalue weighted by Gasteiger charge is 2.36. The summed E-state index contributed by atoms with van der Waals surface area (Å²) in [6.45, 7) is 3.34. The molecule has 228 valence electrons. The maximum Gasteiger partial charge on any atom is 0.308 e. The lowest BCUT2D eigenvalue weighted by Gasteiger charge is -2.25. The molecule has 1 atom stereocenters. The summed E-state index contributed by atoms with van der Waals surface area (Å²) < 4.78 is 45.9.